The maximum atomic E-state index is 12.7. The second kappa shape index (κ2) is 5.39. The van der Waals surface area contributed by atoms with E-state index >= 15 is 0 Å². The van der Waals surface area contributed by atoms with Crippen molar-refractivity contribution < 1.29 is 23.0 Å². The Bertz CT molecular complexity index is 672. The number of nitrogens with zero attached hydrogens (tertiary/aromatic N) is 2. The minimum Gasteiger partial charge on any atom is -0.483 e. The third kappa shape index (κ3) is 2.64. The van der Waals surface area contributed by atoms with Crippen molar-refractivity contribution in [3.05, 3.63) is 36.4 Å². The van der Waals surface area contributed by atoms with Gasteiger partial charge in [-0.2, -0.15) is 8.78 Å². The first kappa shape index (κ1) is 13.3. The highest BCUT2D eigenvalue weighted by molar-refractivity contribution is 5.97. The van der Waals surface area contributed by atoms with Crippen LogP contribution in [-0.2, 0) is 11.4 Å². The first-order valence-corrected chi connectivity index (χ1v) is 6.13. The average Bonchev–Trinajstić information content (AvgIpc) is 2.93. The fourth-order valence-electron chi connectivity index (χ4n) is 1.97. The summed E-state index contributed by atoms with van der Waals surface area (Å²) in [5, 5.41) is 2.63. The molecule has 0 spiro atoms. The third-order valence-electron chi connectivity index (χ3n) is 2.93. The first-order chi connectivity index (χ1) is 10.1. The molecule has 0 saturated carbocycles. The zero-order chi connectivity index (χ0) is 14.8. The van der Waals surface area contributed by atoms with Gasteiger partial charge in [-0.05, 0) is 12.1 Å². The van der Waals surface area contributed by atoms with Crippen LogP contribution >= 0.6 is 0 Å². The number of fused-ring (bicyclic) bond motifs is 1. The number of hydrogen-bond donors (Lipinski definition) is 1. The summed E-state index contributed by atoms with van der Waals surface area (Å²) in [6, 6.07) is 4.98. The van der Waals surface area contributed by atoms with Gasteiger partial charge in [-0.15, -0.1) is 0 Å². The lowest BCUT2D eigenvalue weighted by atomic mass is 10.2. The van der Waals surface area contributed by atoms with Gasteiger partial charge in [0.25, 0.3) is 5.91 Å². The van der Waals surface area contributed by atoms with E-state index in [2.05, 4.69) is 10.3 Å². The van der Waals surface area contributed by atoms with Gasteiger partial charge in [-0.1, -0.05) is 6.07 Å². The number of anilines is 1. The fraction of sp³-hybridized carbons (Fsp3) is 0.231. The van der Waals surface area contributed by atoms with Crippen molar-refractivity contribution in [3.63, 3.8) is 0 Å². The van der Waals surface area contributed by atoms with Crippen LogP contribution in [0.1, 0.15) is 12.4 Å². The SMILES string of the molecule is O=C1COc2cccc(OCc3nccn3C(F)F)c2N1. The van der Waals surface area contributed by atoms with Crippen LogP contribution in [0.2, 0.25) is 0 Å². The summed E-state index contributed by atoms with van der Waals surface area (Å²) in [5.74, 6) is 0.604. The van der Waals surface area contributed by atoms with Crippen LogP contribution in [0.15, 0.2) is 30.6 Å². The molecule has 0 unspecified atom stereocenters. The Morgan fingerprint density at radius 2 is 2.33 bits per heavy atom. The number of ether oxygens (including phenoxy) is 2. The number of alkyl halides is 2. The standard InChI is InChI=1S/C13H11F2N3O3/c14-13(15)18-5-4-16-10(18)6-20-8-2-1-3-9-12(8)17-11(19)7-21-9/h1-5,13H,6-7H2,(H,17,19). The second-order valence-electron chi connectivity index (χ2n) is 4.28. The number of amides is 1. The zero-order valence-electron chi connectivity index (χ0n) is 10.8. The molecule has 2 heterocycles. The molecule has 1 aliphatic rings. The number of hydrogen-bond acceptors (Lipinski definition) is 4. The van der Waals surface area contributed by atoms with E-state index in [1.54, 1.807) is 18.2 Å². The molecule has 1 aromatic heterocycles. The van der Waals surface area contributed by atoms with Crippen LogP contribution in [0.25, 0.3) is 0 Å². The molecule has 0 bridgehead atoms. The summed E-state index contributed by atoms with van der Waals surface area (Å²) in [4.78, 5) is 15.2. The van der Waals surface area contributed by atoms with Gasteiger partial charge in [-0.3, -0.25) is 9.36 Å². The number of aromatic nitrogens is 2. The van der Waals surface area contributed by atoms with E-state index in [-0.39, 0.29) is 24.9 Å². The molecule has 0 aliphatic carbocycles. The predicted octanol–water partition coefficient (Wildman–Crippen LogP) is 2.19. The van der Waals surface area contributed by atoms with Gasteiger partial charge in [0, 0.05) is 12.4 Å². The Labute approximate surface area is 118 Å². The predicted molar refractivity (Wildman–Crippen MR) is 68.4 cm³/mol. The monoisotopic (exact) mass is 295 g/mol. The van der Waals surface area contributed by atoms with Crippen LogP contribution in [0.3, 0.4) is 0 Å². The van der Waals surface area contributed by atoms with Crippen molar-refractivity contribution in [2.24, 2.45) is 0 Å². The van der Waals surface area contributed by atoms with Gasteiger partial charge in [0.05, 0.1) is 0 Å². The van der Waals surface area contributed by atoms with E-state index in [1.165, 1.54) is 12.4 Å². The maximum Gasteiger partial charge on any atom is 0.320 e. The summed E-state index contributed by atoms with van der Waals surface area (Å²) < 4.78 is 36.8. The number of carbonyl (C=O) groups is 1. The van der Waals surface area contributed by atoms with Gasteiger partial charge < -0.3 is 14.8 Å². The third-order valence-corrected chi connectivity index (χ3v) is 2.93. The minimum atomic E-state index is -2.68. The van der Waals surface area contributed by atoms with Gasteiger partial charge in [0.15, 0.2) is 12.4 Å². The van der Waals surface area contributed by atoms with Crippen molar-refractivity contribution in [1.29, 1.82) is 0 Å². The van der Waals surface area contributed by atoms with Crippen LogP contribution in [-0.4, -0.2) is 22.1 Å². The van der Waals surface area contributed by atoms with E-state index in [4.69, 9.17) is 9.47 Å². The lowest BCUT2D eigenvalue weighted by molar-refractivity contribution is -0.118. The molecule has 6 nitrogen and oxygen atoms in total. The van der Waals surface area contributed by atoms with E-state index in [9.17, 15) is 13.6 Å². The summed E-state index contributed by atoms with van der Waals surface area (Å²) in [7, 11) is 0. The Kier molecular flexibility index (Phi) is 3.43. The molecular weight excluding hydrogens is 284 g/mol. The van der Waals surface area contributed by atoms with Crippen molar-refractivity contribution in [1.82, 2.24) is 9.55 Å². The number of imidazole rings is 1. The summed E-state index contributed by atoms with van der Waals surface area (Å²) in [6.45, 7) is -2.89. The van der Waals surface area contributed by atoms with Crippen LogP contribution < -0.4 is 14.8 Å². The largest absolute Gasteiger partial charge is 0.483 e. The Morgan fingerprint density at radius 3 is 3.14 bits per heavy atom. The van der Waals surface area contributed by atoms with Gasteiger partial charge >= 0.3 is 6.55 Å². The van der Waals surface area contributed by atoms with E-state index in [0.29, 0.717) is 21.8 Å². The molecule has 0 fully saturated rings. The average molecular weight is 295 g/mol. The molecule has 8 heteroatoms. The minimum absolute atomic E-state index is 0.0633. The Hall–Kier alpha value is -2.64. The van der Waals surface area contributed by atoms with Crippen molar-refractivity contribution in [2.75, 3.05) is 11.9 Å². The van der Waals surface area contributed by atoms with E-state index in [0.717, 1.165) is 0 Å². The normalized spacial score (nSPS) is 13.6. The van der Waals surface area contributed by atoms with Gasteiger partial charge in [0.2, 0.25) is 0 Å². The summed E-state index contributed by atoms with van der Waals surface area (Å²) in [5.41, 5.74) is 0.393. The molecule has 0 saturated heterocycles. The van der Waals surface area contributed by atoms with E-state index < -0.39 is 6.55 Å². The molecule has 21 heavy (non-hydrogen) atoms. The van der Waals surface area contributed by atoms with Crippen LogP contribution in [0, 0.1) is 0 Å². The first-order valence-electron chi connectivity index (χ1n) is 6.13. The van der Waals surface area contributed by atoms with Gasteiger partial charge in [-0.25, -0.2) is 4.98 Å². The lowest BCUT2D eigenvalue weighted by Gasteiger charge is -2.20. The number of nitrogens with one attached hydrogen (secondary N) is 1. The molecule has 3 rings (SSSR count). The zero-order valence-corrected chi connectivity index (χ0v) is 10.8. The van der Waals surface area contributed by atoms with Crippen molar-refractivity contribution in [2.45, 2.75) is 13.2 Å². The smallest absolute Gasteiger partial charge is 0.320 e. The summed E-state index contributed by atoms with van der Waals surface area (Å²) in [6.07, 6.45) is 2.45. The number of para-hydroxylation sites is 1. The Balaban J connectivity index is 1.80. The van der Waals surface area contributed by atoms with Crippen LogP contribution in [0.5, 0.6) is 11.5 Å². The fourth-order valence-corrected chi connectivity index (χ4v) is 1.97. The number of rotatable bonds is 4. The molecule has 0 atom stereocenters. The van der Waals surface area contributed by atoms with Crippen molar-refractivity contribution >= 4 is 11.6 Å². The summed E-state index contributed by atoms with van der Waals surface area (Å²) >= 11 is 0. The highest BCUT2D eigenvalue weighted by atomic mass is 19.3. The van der Waals surface area contributed by atoms with Crippen molar-refractivity contribution in [3.8, 4) is 11.5 Å². The quantitative estimate of drug-likeness (QED) is 0.939. The van der Waals surface area contributed by atoms with Crippen LogP contribution in [0.4, 0.5) is 14.5 Å². The molecule has 110 valence electrons. The maximum absolute atomic E-state index is 12.7. The second-order valence-corrected chi connectivity index (χ2v) is 4.28. The molecule has 1 aromatic carbocycles. The molecule has 1 N–H and O–H groups in total. The highest BCUT2D eigenvalue weighted by Crippen LogP contribution is 2.36. The topological polar surface area (TPSA) is 65.4 Å². The molecule has 0 radical (unpaired) electrons. The molecule has 1 aliphatic heterocycles. The highest BCUT2D eigenvalue weighted by Gasteiger charge is 2.20. The number of halogens is 2. The lowest BCUT2D eigenvalue weighted by Crippen LogP contribution is -2.25. The van der Waals surface area contributed by atoms with E-state index in [1.807, 2.05) is 0 Å². The number of benzene rings is 1. The number of carbonyl (C=O) groups excluding carboxylic acids is 1. The molecular formula is C13H11F2N3O3. The molecule has 2 aromatic rings. The van der Waals surface area contributed by atoms with Gasteiger partial charge in [0.1, 0.15) is 23.8 Å². The Morgan fingerprint density at radius 1 is 1.48 bits per heavy atom. The molecule has 1 amide bonds.